The van der Waals surface area contributed by atoms with Crippen molar-refractivity contribution in [3.05, 3.63) is 83.4 Å². The SMILES string of the molecule is Cn1c(-c2cccc(C(C)(C)c3cccc(-c4ccc(C(F)(F)F)n4C)n3)n2)ccc1C(F)(F)F. The van der Waals surface area contributed by atoms with Crippen LogP contribution in [0.25, 0.3) is 22.8 Å². The van der Waals surface area contributed by atoms with Gasteiger partial charge in [0.25, 0.3) is 0 Å². The van der Waals surface area contributed by atoms with Crippen molar-refractivity contribution in [3.8, 4) is 22.8 Å². The van der Waals surface area contributed by atoms with E-state index in [1.54, 1.807) is 36.4 Å². The first-order valence-corrected chi connectivity index (χ1v) is 10.6. The summed E-state index contributed by atoms with van der Waals surface area (Å²) in [5.41, 5.74) is 0.0873. The van der Waals surface area contributed by atoms with E-state index in [1.807, 2.05) is 13.8 Å². The lowest BCUT2D eigenvalue weighted by Crippen LogP contribution is -2.22. The summed E-state index contributed by atoms with van der Waals surface area (Å²) in [6.45, 7) is 3.70. The number of pyridine rings is 2. The molecule has 0 unspecified atom stereocenters. The van der Waals surface area contributed by atoms with E-state index in [0.29, 0.717) is 34.2 Å². The maximum Gasteiger partial charge on any atom is 0.431 e. The molecule has 0 N–H and O–H groups in total. The fourth-order valence-corrected chi connectivity index (χ4v) is 4.09. The van der Waals surface area contributed by atoms with E-state index in [9.17, 15) is 26.3 Å². The summed E-state index contributed by atoms with van der Waals surface area (Å²) in [6.07, 6.45) is -8.98. The van der Waals surface area contributed by atoms with Gasteiger partial charge in [-0.3, -0.25) is 9.97 Å². The first-order chi connectivity index (χ1) is 16.2. The average molecular weight is 492 g/mol. The molecule has 4 aromatic rings. The molecule has 0 aromatic carbocycles. The Labute approximate surface area is 197 Å². The summed E-state index contributed by atoms with van der Waals surface area (Å²) in [5, 5.41) is 0. The lowest BCUT2D eigenvalue weighted by Gasteiger charge is -2.25. The van der Waals surface area contributed by atoms with Crippen molar-refractivity contribution in [3.63, 3.8) is 0 Å². The van der Waals surface area contributed by atoms with Gasteiger partial charge >= 0.3 is 12.4 Å². The second-order valence-electron chi connectivity index (χ2n) is 8.76. The van der Waals surface area contributed by atoms with Gasteiger partial charge < -0.3 is 9.13 Å². The van der Waals surface area contributed by atoms with Crippen LogP contribution in [0.15, 0.2) is 60.7 Å². The van der Waals surface area contributed by atoms with Gasteiger partial charge in [0.1, 0.15) is 11.4 Å². The molecular formula is C25H22F6N4. The number of hydrogen-bond donors (Lipinski definition) is 0. The third-order valence-corrected chi connectivity index (χ3v) is 6.13. The summed E-state index contributed by atoms with van der Waals surface area (Å²) >= 11 is 0. The van der Waals surface area contributed by atoms with Crippen LogP contribution in [0, 0.1) is 0 Å². The highest BCUT2D eigenvalue weighted by atomic mass is 19.4. The summed E-state index contributed by atoms with van der Waals surface area (Å²) < 4.78 is 81.5. The van der Waals surface area contributed by atoms with Crippen LogP contribution in [0.3, 0.4) is 0 Å². The molecule has 0 aliphatic rings. The number of nitrogens with zero attached hydrogens (tertiary/aromatic N) is 4. The number of aromatic nitrogens is 4. The van der Waals surface area contributed by atoms with Crippen LogP contribution >= 0.6 is 0 Å². The largest absolute Gasteiger partial charge is 0.431 e. The van der Waals surface area contributed by atoms with Gasteiger partial charge in [-0.1, -0.05) is 12.1 Å². The first-order valence-electron chi connectivity index (χ1n) is 10.6. The normalized spacial score (nSPS) is 12.9. The summed E-state index contributed by atoms with van der Waals surface area (Å²) in [7, 11) is 2.66. The van der Waals surface area contributed by atoms with Gasteiger partial charge in [-0.25, -0.2) is 0 Å². The van der Waals surface area contributed by atoms with Crippen molar-refractivity contribution < 1.29 is 26.3 Å². The van der Waals surface area contributed by atoms with Crippen LogP contribution in [0.4, 0.5) is 26.3 Å². The molecular weight excluding hydrogens is 470 g/mol. The van der Waals surface area contributed by atoms with Crippen LogP contribution in [0.1, 0.15) is 36.6 Å². The zero-order valence-corrected chi connectivity index (χ0v) is 19.3. The van der Waals surface area contributed by atoms with Crippen LogP contribution in [-0.4, -0.2) is 19.1 Å². The fourth-order valence-electron chi connectivity index (χ4n) is 4.09. The molecule has 4 rings (SSSR count). The van der Waals surface area contributed by atoms with Gasteiger partial charge in [0.15, 0.2) is 0 Å². The third kappa shape index (κ3) is 4.44. The van der Waals surface area contributed by atoms with Crippen LogP contribution in [0.5, 0.6) is 0 Å². The van der Waals surface area contributed by atoms with Gasteiger partial charge in [-0.2, -0.15) is 26.3 Å². The standard InChI is InChI=1S/C25H22F6N4/c1-23(2,19-9-5-7-15(32-19)17-11-13-21(34(17)3)24(26,27)28)20-10-6-8-16(33-20)18-12-14-22(35(18)4)25(29,30)31/h5-14H,1-4H3. The Balaban J connectivity index is 1.73. The van der Waals surface area contributed by atoms with E-state index in [0.717, 1.165) is 21.3 Å². The molecule has 35 heavy (non-hydrogen) atoms. The molecule has 4 aromatic heterocycles. The predicted molar refractivity (Wildman–Crippen MR) is 119 cm³/mol. The third-order valence-electron chi connectivity index (χ3n) is 6.13. The van der Waals surface area contributed by atoms with Crippen molar-refractivity contribution in [2.75, 3.05) is 0 Å². The summed E-state index contributed by atoms with van der Waals surface area (Å²) in [6, 6.07) is 14.9. The van der Waals surface area contributed by atoms with Gasteiger partial charge in [-0.15, -0.1) is 0 Å². The van der Waals surface area contributed by atoms with E-state index in [1.165, 1.54) is 26.2 Å². The lowest BCUT2D eigenvalue weighted by atomic mass is 9.84. The zero-order chi connectivity index (χ0) is 25.8. The van der Waals surface area contributed by atoms with Gasteiger partial charge in [0.2, 0.25) is 0 Å². The predicted octanol–water partition coefficient (Wildman–Crippen LogP) is 6.85. The minimum Gasteiger partial charge on any atom is -0.339 e. The zero-order valence-electron chi connectivity index (χ0n) is 19.3. The molecule has 0 bridgehead atoms. The molecule has 0 saturated heterocycles. The molecule has 10 heteroatoms. The highest BCUT2D eigenvalue weighted by Gasteiger charge is 2.36. The van der Waals surface area contributed by atoms with Crippen molar-refractivity contribution in [1.82, 2.24) is 19.1 Å². The van der Waals surface area contributed by atoms with Crippen molar-refractivity contribution in [2.45, 2.75) is 31.6 Å². The van der Waals surface area contributed by atoms with Crippen LogP contribution in [-0.2, 0) is 31.9 Å². The van der Waals surface area contributed by atoms with Crippen LogP contribution < -0.4 is 0 Å². The molecule has 0 spiro atoms. The molecule has 0 radical (unpaired) electrons. The highest BCUT2D eigenvalue weighted by Crippen LogP contribution is 2.36. The van der Waals surface area contributed by atoms with Gasteiger partial charge in [0, 0.05) is 19.5 Å². The van der Waals surface area contributed by atoms with Gasteiger partial charge in [0.05, 0.1) is 34.2 Å². The molecule has 0 atom stereocenters. The second-order valence-corrected chi connectivity index (χ2v) is 8.76. The first kappa shape index (κ1) is 24.6. The molecule has 184 valence electrons. The molecule has 4 heterocycles. The molecule has 0 amide bonds. The summed E-state index contributed by atoms with van der Waals surface area (Å²) in [4.78, 5) is 9.24. The average Bonchev–Trinajstić information content (AvgIpc) is 3.36. The molecule has 4 nitrogen and oxygen atoms in total. The number of hydrogen-bond acceptors (Lipinski definition) is 2. The quantitative estimate of drug-likeness (QED) is 0.292. The Hall–Kier alpha value is -3.56. The number of rotatable bonds is 4. The van der Waals surface area contributed by atoms with Crippen LogP contribution in [0.2, 0.25) is 0 Å². The smallest absolute Gasteiger partial charge is 0.339 e. The minimum absolute atomic E-state index is 0.306. The van der Waals surface area contributed by atoms with E-state index in [-0.39, 0.29) is 0 Å². The van der Waals surface area contributed by atoms with E-state index in [4.69, 9.17) is 0 Å². The molecule has 0 aliphatic carbocycles. The molecule has 0 fully saturated rings. The monoisotopic (exact) mass is 492 g/mol. The van der Waals surface area contributed by atoms with Crippen molar-refractivity contribution in [2.24, 2.45) is 14.1 Å². The Morgan fingerprint density at radius 2 is 0.943 bits per heavy atom. The topological polar surface area (TPSA) is 35.6 Å². The van der Waals surface area contributed by atoms with Crippen molar-refractivity contribution >= 4 is 0 Å². The van der Waals surface area contributed by atoms with E-state index in [2.05, 4.69) is 9.97 Å². The minimum atomic E-state index is -4.49. The Kier molecular flexibility index (Phi) is 5.81. The lowest BCUT2D eigenvalue weighted by molar-refractivity contribution is -0.143. The highest BCUT2D eigenvalue weighted by molar-refractivity contribution is 5.59. The number of alkyl halides is 6. The fraction of sp³-hybridized carbons (Fsp3) is 0.280. The maximum absolute atomic E-state index is 13.2. The van der Waals surface area contributed by atoms with E-state index >= 15 is 0 Å². The van der Waals surface area contributed by atoms with E-state index < -0.39 is 29.2 Å². The van der Waals surface area contributed by atoms with Crippen molar-refractivity contribution in [1.29, 1.82) is 0 Å². The Morgan fingerprint density at radius 3 is 1.26 bits per heavy atom. The van der Waals surface area contributed by atoms with Gasteiger partial charge in [-0.05, 0) is 62.4 Å². The Bertz CT molecular complexity index is 1270. The second kappa shape index (κ2) is 8.28. The maximum atomic E-state index is 13.2. The summed E-state index contributed by atoms with van der Waals surface area (Å²) in [5.74, 6) is 0. The number of halogens is 6. The molecule has 0 saturated carbocycles. The molecule has 0 aliphatic heterocycles. The Morgan fingerprint density at radius 1 is 0.571 bits per heavy atom.